The lowest BCUT2D eigenvalue weighted by Gasteiger charge is -2.10. The summed E-state index contributed by atoms with van der Waals surface area (Å²) in [5.74, 6) is 0. The molecule has 2 N–H and O–H groups in total. The van der Waals surface area contributed by atoms with Crippen LogP contribution >= 0.6 is 0 Å². The van der Waals surface area contributed by atoms with Crippen LogP contribution in [0.1, 0.15) is 31.4 Å². The summed E-state index contributed by atoms with van der Waals surface area (Å²) in [6.07, 6.45) is 4.07. The largest absolute Gasteiger partial charge is 0.321 e. The van der Waals surface area contributed by atoms with Gasteiger partial charge in [0.25, 0.3) is 0 Å². The summed E-state index contributed by atoms with van der Waals surface area (Å²) in [5.41, 5.74) is 10.9. The van der Waals surface area contributed by atoms with Crippen LogP contribution in [-0.2, 0) is 6.42 Å². The first-order valence-corrected chi connectivity index (χ1v) is 6.06. The number of hydrogen-bond acceptors (Lipinski definition) is 2. The van der Waals surface area contributed by atoms with Crippen LogP contribution in [0.2, 0.25) is 0 Å². The van der Waals surface area contributed by atoms with Crippen LogP contribution in [0.15, 0.2) is 42.5 Å². The van der Waals surface area contributed by atoms with E-state index in [9.17, 15) is 0 Å². The Morgan fingerprint density at radius 2 is 1.94 bits per heavy atom. The van der Waals surface area contributed by atoms with Crippen molar-refractivity contribution >= 4 is 5.70 Å². The van der Waals surface area contributed by atoms with E-state index in [1.54, 1.807) is 0 Å². The smallest absolute Gasteiger partial charge is 0.0517 e. The molecule has 0 spiro atoms. The Hall–Kier alpha value is -1.54. The highest BCUT2D eigenvalue weighted by atomic mass is 15.3. The van der Waals surface area contributed by atoms with E-state index in [0.29, 0.717) is 0 Å². The van der Waals surface area contributed by atoms with Crippen LogP contribution in [0.5, 0.6) is 0 Å². The third kappa shape index (κ3) is 4.08. The molecule has 1 aromatic carbocycles. The van der Waals surface area contributed by atoms with E-state index in [-0.39, 0.29) is 0 Å². The van der Waals surface area contributed by atoms with E-state index in [2.05, 4.69) is 54.7 Å². The van der Waals surface area contributed by atoms with Crippen molar-refractivity contribution in [2.45, 2.75) is 26.7 Å². The lowest BCUT2D eigenvalue weighted by molar-refractivity contribution is 0.747. The molecule has 0 unspecified atom stereocenters. The lowest BCUT2D eigenvalue weighted by Crippen LogP contribution is -2.25. The van der Waals surface area contributed by atoms with Gasteiger partial charge in [-0.15, -0.1) is 0 Å². The Morgan fingerprint density at radius 3 is 2.41 bits per heavy atom. The number of benzene rings is 1. The van der Waals surface area contributed by atoms with E-state index in [0.717, 1.165) is 18.5 Å². The Morgan fingerprint density at radius 1 is 1.29 bits per heavy atom. The number of hydrazine groups is 1. The van der Waals surface area contributed by atoms with Gasteiger partial charge in [-0.25, -0.2) is 5.43 Å². The molecule has 0 bridgehead atoms. The summed E-state index contributed by atoms with van der Waals surface area (Å²) >= 11 is 0. The summed E-state index contributed by atoms with van der Waals surface area (Å²) in [4.78, 5) is 0. The molecule has 0 heterocycles. The minimum atomic E-state index is 0.974. The highest BCUT2D eigenvalue weighted by Gasteiger charge is 2.00. The molecular weight excluding hydrogens is 208 g/mol. The van der Waals surface area contributed by atoms with Gasteiger partial charge in [-0.3, -0.25) is 0 Å². The molecule has 0 saturated heterocycles. The SMILES string of the molecule is C=C(CC)Cc1ccc(/C(=C/C)NNC)cc1. The summed E-state index contributed by atoms with van der Waals surface area (Å²) in [6, 6.07) is 8.60. The zero-order valence-corrected chi connectivity index (χ0v) is 11.0. The van der Waals surface area contributed by atoms with Gasteiger partial charge < -0.3 is 5.43 Å². The van der Waals surface area contributed by atoms with Gasteiger partial charge in [-0.2, -0.15) is 0 Å². The van der Waals surface area contributed by atoms with Gasteiger partial charge in [0.1, 0.15) is 0 Å². The van der Waals surface area contributed by atoms with Crippen molar-refractivity contribution < 1.29 is 0 Å². The van der Waals surface area contributed by atoms with Gasteiger partial charge in [0.05, 0.1) is 5.70 Å². The predicted octanol–water partition coefficient (Wildman–Crippen LogP) is 3.28. The van der Waals surface area contributed by atoms with Crippen LogP contribution in [0.25, 0.3) is 5.70 Å². The summed E-state index contributed by atoms with van der Waals surface area (Å²) in [6.45, 7) is 8.20. The third-order valence-electron chi connectivity index (χ3n) is 2.77. The van der Waals surface area contributed by atoms with Crippen molar-refractivity contribution in [3.05, 3.63) is 53.6 Å². The number of allylic oxidation sites excluding steroid dienone is 2. The predicted molar refractivity (Wildman–Crippen MR) is 75.4 cm³/mol. The minimum Gasteiger partial charge on any atom is -0.321 e. The first kappa shape index (κ1) is 13.5. The molecule has 0 amide bonds. The second-order valence-corrected chi connectivity index (χ2v) is 4.05. The van der Waals surface area contributed by atoms with E-state index in [1.165, 1.54) is 16.7 Å². The molecule has 0 aliphatic heterocycles. The zero-order valence-electron chi connectivity index (χ0n) is 11.0. The summed E-state index contributed by atoms with van der Waals surface area (Å²) in [5, 5.41) is 0. The Kier molecular flexibility index (Phi) is 5.50. The van der Waals surface area contributed by atoms with Crippen LogP contribution in [-0.4, -0.2) is 7.05 Å². The number of hydrogen-bond donors (Lipinski definition) is 2. The van der Waals surface area contributed by atoms with Crippen molar-refractivity contribution in [2.75, 3.05) is 7.05 Å². The molecule has 0 saturated carbocycles. The maximum absolute atomic E-state index is 4.04. The Balaban J connectivity index is 2.76. The lowest BCUT2D eigenvalue weighted by atomic mass is 10.0. The van der Waals surface area contributed by atoms with Gasteiger partial charge in [-0.1, -0.05) is 49.4 Å². The monoisotopic (exact) mass is 230 g/mol. The topological polar surface area (TPSA) is 24.1 Å². The molecular formula is C15H22N2. The van der Waals surface area contributed by atoms with Crippen molar-refractivity contribution in [3.8, 4) is 0 Å². The van der Waals surface area contributed by atoms with Crippen molar-refractivity contribution in [1.29, 1.82) is 0 Å². The fourth-order valence-corrected chi connectivity index (χ4v) is 1.66. The van der Waals surface area contributed by atoms with E-state index in [4.69, 9.17) is 0 Å². The quantitative estimate of drug-likeness (QED) is 0.579. The second kappa shape index (κ2) is 6.92. The summed E-state index contributed by atoms with van der Waals surface area (Å²) in [7, 11) is 1.86. The number of nitrogens with one attached hydrogen (secondary N) is 2. The average molecular weight is 230 g/mol. The fraction of sp³-hybridized carbons (Fsp3) is 0.333. The molecule has 0 aliphatic rings. The fourth-order valence-electron chi connectivity index (χ4n) is 1.66. The molecule has 0 aromatic heterocycles. The first-order chi connectivity index (χ1) is 8.21. The Bertz CT molecular complexity index is 388. The van der Waals surface area contributed by atoms with E-state index < -0.39 is 0 Å². The molecule has 0 fully saturated rings. The molecule has 17 heavy (non-hydrogen) atoms. The molecule has 92 valence electrons. The van der Waals surface area contributed by atoms with Crippen molar-refractivity contribution in [3.63, 3.8) is 0 Å². The van der Waals surface area contributed by atoms with Gasteiger partial charge in [0.15, 0.2) is 0 Å². The normalized spacial score (nSPS) is 11.4. The first-order valence-electron chi connectivity index (χ1n) is 6.06. The molecule has 1 rings (SSSR count). The van der Waals surface area contributed by atoms with Crippen molar-refractivity contribution in [2.24, 2.45) is 0 Å². The zero-order chi connectivity index (χ0) is 12.7. The standard InChI is InChI=1S/C15H22N2/c1-5-12(3)11-13-7-9-14(10-8-13)15(6-2)17-16-4/h6-10,16-17H,3,5,11H2,1-2,4H3/b15-6-. The van der Waals surface area contributed by atoms with Crippen LogP contribution < -0.4 is 10.9 Å². The van der Waals surface area contributed by atoms with E-state index >= 15 is 0 Å². The second-order valence-electron chi connectivity index (χ2n) is 4.05. The van der Waals surface area contributed by atoms with E-state index in [1.807, 2.05) is 14.0 Å². The number of rotatable bonds is 6. The van der Waals surface area contributed by atoms with Crippen molar-refractivity contribution in [1.82, 2.24) is 10.9 Å². The van der Waals surface area contributed by atoms with Crippen LogP contribution in [0.3, 0.4) is 0 Å². The molecule has 2 nitrogen and oxygen atoms in total. The highest BCUT2D eigenvalue weighted by molar-refractivity contribution is 5.63. The highest BCUT2D eigenvalue weighted by Crippen LogP contribution is 2.15. The maximum atomic E-state index is 4.04. The van der Waals surface area contributed by atoms with Gasteiger partial charge in [0.2, 0.25) is 0 Å². The molecule has 2 heteroatoms. The molecule has 0 aliphatic carbocycles. The minimum absolute atomic E-state index is 0.974. The van der Waals surface area contributed by atoms with Gasteiger partial charge in [0, 0.05) is 7.05 Å². The van der Waals surface area contributed by atoms with Gasteiger partial charge in [-0.05, 0) is 30.9 Å². The van der Waals surface area contributed by atoms with Crippen LogP contribution in [0.4, 0.5) is 0 Å². The van der Waals surface area contributed by atoms with Crippen LogP contribution in [0, 0.1) is 0 Å². The van der Waals surface area contributed by atoms with Gasteiger partial charge >= 0.3 is 0 Å². The average Bonchev–Trinajstić information content (AvgIpc) is 2.37. The maximum Gasteiger partial charge on any atom is 0.0517 e. The summed E-state index contributed by atoms with van der Waals surface area (Å²) < 4.78 is 0. The molecule has 0 atom stereocenters. The third-order valence-corrected chi connectivity index (χ3v) is 2.77. The molecule has 0 radical (unpaired) electrons. The Labute approximate surface area is 104 Å². The molecule has 1 aromatic rings.